The number of hydrogen-bond acceptors (Lipinski definition) is 6. The molecule has 0 amide bonds. The summed E-state index contributed by atoms with van der Waals surface area (Å²) in [7, 11) is 1.86. The third-order valence-electron chi connectivity index (χ3n) is 2.35. The number of furan rings is 1. The molecule has 0 N–H and O–H groups in total. The number of anilines is 1. The maximum Gasteiger partial charge on any atom is 0.322 e. The van der Waals surface area contributed by atoms with Gasteiger partial charge in [0.15, 0.2) is 0 Å². The molecule has 0 aliphatic rings. The van der Waals surface area contributed by atoms with Crippen LogP contribution in [0.4, 0.5) is 5.95 Å². The Morgan fingerprint density at radius 3 is 2.89 bits per heavy atom. The van der Waals surface area contributed by atoms with Crippen LogP contribution in [0.1, 0.15) is 18.9 Å². The lowest BCUT2D eigenvalue weighted by Gasteiger charge is -2.16. The zero-order chi connectivity index (χ0) is 13.7. The third kappa shape index (κ3) is 3.82. The summed E-state index contributed by atoms with van der Waals surface area (Å²) in [5.74, 6) is 0.465. The maximum absolute atomic E-state index is 5.87. The van der Waals surface area contributed by atoms with Crippen molar-refractivity contribution in [3.8, 4) is 6.01 Å². The van der Waals surface area contributed by atoms with Gasteiger partial charge in [-0.15, -0.1) is 0 Å². The second-order valence-corrected chi connectivity index (χ2v) is 4.36. The first-order valence-electron chi connectivity index (χ1n) is 5.95. The average Bonchev–Trinajstić information content (AvgIpc) is 2.88. The van der Waals surface area contributed by atoms with Crippen molar-refractivity contribution in [2.24, 2.45) is 0 Å². The van der Waals surface area contributed by atoms with Crippen LogP contribution in [-0.4, -0.2) is 28.6 Å². The smallest absolute Gasteiger partial charge is 0.322 e. The summed E-state index contributed by atoms with van der Waals surface area (Å²) >= 11 is 5.87. The lowest BCUT2D eigenvalue weighted by molar-refractivity contribution is 0.291. The molecule has 0 saturated carbocycles. The highest BCUT2D eigenvalue weighted by atomic mass is 35.5. The van der Waals surface area contributed by atoms with Crippen LogP contribution in [0.15, 0.2) is 23.0 Å². The minimum atomic E-state index is 0.121. The molecule has 102 valence electrons. The zero-order valence-electron chi connectivity index (χ0n) is 10.8. The van der Waals surface area contributed by atoms with Crippen LogP contribution in [0.5, 0.6) is 6.01 Å². The van der Waals surface area contributed by atoms with Crippen LogP contribution in [-0.2, 0) is 6.54 Å². The van der Waals surface area contributed by atoms with E-state index in [1.54, 1.807) is 12.5 Å². The maximum atomic E-state index is 5.87. The van der Waals surface area contributed by atoms with Gasteiger partial charge in [0.25, 0.3) is 0 Å². The third-order valence-corrected chi connectivity index (χ3v) is 2.52. The first-order valence-corrected chi connectivity index (χ1v) is 6.33. The summed E-state index contributed by atoms with van der Waals surface area (Å²) in [6.07, 6.45) is 4.18. The zero-order valence-corrected chi connectivity index (χ0v) is 11.6. The highest BCUT2D eigenvalue weighted by Crippen LogP contribution is 2.16. The SMILES string of the molecule is CCCOc1nc(Cl)nc(N(C)Cc2ccoc2)n1. The van der Waals surface area contributed by atoms with Crippen molar-refractivity contribution >= 4 is 17.5 Å². The van der Waals surface area contributed by atoms with E-state index < -0.39 is 0 Å². The van der Waals surface area contributed by atoms with Gasteiger partial charge in [0.2, 0.25) is 11.2 Å². The van der Waals surface area contributed by atoms with Crippen LogP contribution in [0.2, 0.25) is 5.28 Å². The van der Waals surface area contributed by atoms with Gasteiger partial charge < -0.3 is 14.1 Å². The molecule has 0 aromatic carbocycles. The molecule has 0 aliphatic heterocycles. The number of nitrogens with zero attached hydrogens (tertiary/aromatic N) is 4. The van der Waals surface area contributed by atoms with Crippen LogP contribution >= 0.6 is 11.6 Å². The summed E-state index contributed by atoms with van der Waals surface area (Å²) in [4.78, 5) is 14.1. The van der Waals surface area contributed by atoms with Gasteiger partial charge in [0.1, 0.15) is 0 Å². The summed E-state index contributed by atoms with van der Waals surface area (Å²) in [6, 6.07) is 2.13. The fourth-order valence-corrected chi connectivity index (χ4v) is 1.63. The molecule has 0 radical (unpaired) electrons. The van der Waals surface area contributed by atoms with E-state index >= 15 is 0 Å². The molecule has 2 rings (SSSR count). The molecule has 2 heterocycles. The predicted molar refractivity (Wildman–Crippen MR) is 71.4 cm³/mol. The van der Waals surface area contributed by atoms with Gasteiger partial charge in [0.05, 0.1) is 19.1 Å². The van der Waals surface area contributed by atoms with E-state index in [0.717, 1.165) is 12.0 Å². The molecule has 0 aliphatic carbocycles. The van der Waals surface area contributed by atoms with Crippen molar-refractivity contribution in [2.45, 2.75) is 19.9 Å². The van der Waals surface area contributed by atoms with Gasteiger partial charge in [0, 0.05) is 19.2 Å². The van der Waals surface area contributed by atoms with Crippen LogP contribution in [0, 0.1) is 0 Å². The number of ether oxygens (including phenoxy) is 1. The Hall–Kier alpha value is -1.82. The number of aromatic nitrogens is 3. The molecule has 0 unspecified atom stereocenters. The molecule has 2 aromatic heterocycles. The lowest BCUT2D eigenvalue weighted by Crippen LogP contribution is -2.19. The van der Waals surface area contributed by atoms with Crippen molar-refractivity contribution in [3.05, 3.63) is 29.4 Å². The monoisotopic (exact) mass is 282 g/mol. The summed E-state index contributed by atoms with van der Waals surface area (Å²) < 4.78 is 10.4. The highest BCUT2D eigenvalue weighted by molar-refractivity contribution is 6.28. The van der Waals surface area contributed by atoms with Crippen molar-refractivity contribution in [1.82, 2.24) is 15.0 Å². The first kappa shape index (κ1) is 13.6. The van der Waals surface area contributed by atoms with Crippen LogP contribution in [0.25, 0.3) is 0 Å². The molecule has 0 saturated heterocycles. The second-order valence-electron chi connectivity index (χ2n) is 4.02. The van der Waals surface area contributed by atoms with E-state index in [2.05, 4.69) is 15.0 Å². The van der Waals surface area contributed by atoms with Crippen molar-refractivity contribution in [2.75, 3.05) is 18.6 Å². The second kappa shape index (κ2) is 6.38. The molecular formula is C12H15ClN4O2. The average molecular weight is 283 g/mol. The Balaban J connectivity index is 2.11. The minimum Gasteiger partial charge on any atom is -0.472 e. The molecule has 0 bridgehead atoms. The summed E-state index contributed by atoms with van der Waals surface area (Å²) in [5.41, 5.74) is 1.02. The van der Waals surface area contributed by atoms with Crippen molar-refractivity contribution < 1.29 is 9.15 Å². The largest absolute Gasteiger partial charge is 0.472 e. The van der Waals surface area contributed by atoms with E-state index in [0.29, 0.717) is 19.1 Å². The van der Waals surface area contributed by atoms with Gasteiger partial charge in [-0.05, 0) is 24.1 Å². The van der Waals surface area contributed by atoms with Gasteiger partial charge in [-0.25, -0.2) is 0 Å². The van der Waals surface area contributed by atoms with E-state index in [4.69, 9.17) is 20.8 Å². The standard InChI is InChI=1S/C12H15ClN4O2/c1-3-5-19-12-15-10(13)14-11(16-12)17(2)7-9-4-6-18-8-9/h4,6,8H,3,5,7H2,1-2H3. The Kier molecular flexibility index (Phi) is 4.57. The fraction of sp³-hybridized carbons (Fsp3) is 0.417. The first-order chi connectivity index (χ1) is 9.19. The number of halogens is 1. The van der Waals surface area contributed by atoms with Gasteiger partial charge >= 0.3 is 6.01 Å². The molecule has 0 fully saturated rings. The molecule has 2 aromatic rings. The van der Waals surface area contributed by atoms with E-state index in [9.17, 15) is 0 Å². The van der Waals surface area contributed by atoms with Gasteiger partial charge in [-0.1, -0.05) is 6.92 Å². The number of hydrogen-bond donors (Lipinski definition) is 0. The Bertz CT molecular complexity index is 518. The van der Waals surface area contributed by atoms with Gasteiger partial charge in [-0.3, -0.25) is 0 Å². The van der Waals surface area contributed by atoms with Gasteiger partial charge in [-0.2, -0.15) is 15.0 Å². The molecule has 19 heavy (non-hydrogen) atoms. The summed E-state index contributed by atoms with van der Waals surface area (Å²) in [5, 5.41) is 0.121. The quantitative estimate of drug-likeness (QED) is 0.811. The molecule has 0 spiro atoms. The van der Waals surface area contributed by atoms with Crippen LogP contribution in [0.3, 0.4) is 0 Å². The molecular weight excluding hydrogens is 268 g/mol. The van der Waals surface area contributed by atoms with E-state index in [-0.39, 0.29) is 11.3 Å². The Labute approximate surface area is 116 Å². The lowest BCUT2D eigenvalue weighted by atomic mass is 10.3. The highest BCUT2D eigenvalue weighted by Gasteiger charge is 2.11. The normalized spacial score (nSPS) is 10.5. The topological polar surface area (TPSA) is 64.3 Å². The van der Waals surface area contributed by atoms with Crippen LogP contribution < -0.4 is 9.64 Å². The minimum absolute atomic E-state index is 0.121. The van der Waals surface area contributed by atoms with Crippen molar-refractivity contribution in [1.29, 1.82) is 0 Å². The Morgan fingerprint density at radius 2 is 2.21 bits per heavy atom. The predicted octanol–water partition coefficient (Wildman–Crippen LogP) is 2.54. The Morgan fingerprint density at radius 1 is 1.37 bits per heavy atom. The molecule has 6 nitrogen and oxygen atoms in total. The van der Waals surface area contributed by atoms with E-state index in [1.165, 1.54) is 0 Å². The number of rotatable bonds is 6. The fourth-order valence-electron chi connectivity index (χ4n) is 1.48. The molecule has 7 heteroatoms. The van der Waals surface area contributed by atoms with E-state index in [1.807, 2.05) is 24.9 Å². The van der Waals surface area contributed by atoms with Crippen molar-refractivity contribution in [3.63, 3.8) is 0 Å². The summed E-state index contributed by atoms with van der Waals surface area (Å²) in [6.45, 7) is 3.17. The molecule has 0 atom stereocenters.